The number of imidazole rings is 1. The van der Waals surface area contributed by atoms with Crippen molar-refractivity contribution in [3.63, 3.8) is 0 Å². The first-order valence-electron chi connectivity index (χ1n) is 7.48. The van der Waals surface area contributed by atoms with Crippen molar-refractivity contribution < 1.29 is 8.42 Å². The number of nitrogens with zero attached hydrogens (tertiary/aromatic N) is 2. The van der Waals surface area contributed by atoms with Gasteiger partial charge in [0, 0.05) is 14.1 Å². The minimum absolute atomic E-state index is 0.0968. The molecule has 0 aliphatic rings. The largest absolute Gasteiger partial charge is 0.328 e. The smallest absolute Gasteiger partial charge is 0.295 e. The quantitative estimate of drug-likeness (QED) is 0.787. The van der Waals surface area contributed by atoms with Gasteiger partial charge in [-0.1, -0.05) is 29.8 Å². The topological polar surface area (TPSA) is 73.1 Å². The minimum atomic E-state index is -3.53. The van der Waals surface area contributed by atoms with Crippen molar-refractivity contribution in [2.24, 2.45) is 14.1 Å². The second kappa shape index (κ2) is 5.83. The molecule has 0 atom stereocenters. The number of fused-ring (bicyclic) bond motifs is 1. The lowest BCUT2D eigenvalue weighted by Crippen LogP contribution is -2.19. The van der Waals surface area contributed by atoms with Crippen LogP contribution in [0, 0.1) is 6.92 Å². The Bertz CT molecular complexity index is 1080. The van der Waals surface area contributed by atoms with Crippen molar-refractivity contribution in [3.05, 3.63) is 64.1 Å². The molecule has 0 bridgehead atoms. The number of nitrogens with one attached hydrogen (secondary N) is 1. The van der Waals surface area contributed by atoms with Crippen LogP contribution in [0.1, 0.15) is 11.1 Å². The molecule has 1 N–H and O–H groups in total. The summed E-state index contributed by atoms with van der Waals surface area (Å²) in [5.74, 6) is -0.0968. The molecule has 0 fully saturated rings. The van der Waals surface area contributed by atoms with Crippen LogP contribution >= 0.6 is 0 Å². The van der Waals surface area contributed by atoms with Gasteiger partial charge in [0.2, 0.25) is 10.0 Å². The summed E-state index contributed by atoms with van der Waals surface area (Å²) in [5, 5.41) is 0. The number of anilines is 1. The van der Waals surface area contributed by atoms with E-state index in [1.807, 2.05) is 25.1 Å². The van der Waals surface area contributed by atoms with Gasteiger partial charge in [-0.3, -0.25) is 13.9 Å². The third-order valence-corrected chi connectivity index (χ3v) is 5.24. The number of rotatable bonds is 4. The first-order chi connectivity index (χ1) is 11.3. The Morgan fingerprint density at radius 3 is 2.42 bits per heavy atom. The molecule has 3 aromatic rings. The van der Waals surface area contributed by atoms with Gasteiger partial charge in [0.05, 0.1) is 22.5 Å². The summed E-state index contributed by atoms with van der Waals surface area (Å²) in [6, 6.07) is 12.5. The monoisotopic (exact) mass is 345 g/mol. The van der Waals surface area contributed by atoms with Gasteiger partial charge in [0.15, 0.2) is 0 Å². The normalized spacial score (nSPS) is 11.8. The molecular formula is C17H19N3O3S. The molecule has 0 amide bonds. The van der Waals surface area contributed by atoms with Crippen molar-refractivity contribution in [3.8, 4) is 0 Å². The van der Waals surface area contributed by atoms with Crippen LogP contribution in [0.2, 0.25) is 0 Å². The maximum atomic E-state index is 12.4. The van der Waals surface area contributed by atoms with Gasteiger partial charge in [0.25, 0.3) is 0 Å². The third kappa shape index (κ3) is 3.07. The zero-order valence-electron chi connectivity index (χ0n) is 13.8. The Morgan fingerprint density at radius 2 is 1.71 bits per heavy atom. The Balaban J connectivity index is 1.91. The van der Waals surface area contributed by atoms with Crippen LogP contribution in [-0.2, 0) is 29.9 Å². The second-order valence-electron chi connectivity index (χ2n) is 5.95. The first-order valence-corrected chi connectivity index (χ1v) is 9.13. The van der Waals surface area contributed by atoms with Gasteiger partial charge in [-0.15, -0.1) is 0 Å². The van der Waals surface area contributed by atoms with E-state index in [4.69, 9.17) is 0 Å². The summed E-state index contributed by atoms with van der Waals surface area (Å²) in [4.78, 5) is 11.9. The zero-order valence-corrected chi connectivity index (χ0v) is 14.6. The average Bonchev–Trinajstić information content (AvgIpc) is 2.71. The molecule has 2 aromatic carbocycles. The van der Waals surface area contributed by atoms with E-state index in [1.54, 1.807) is 38.4 Å². The fourth-order valence-electron chi connectivity index (χ4n) is 2.81. The summed E-state index contributed by atoms with van der Waals surface area (Å²) in [7, 11) is -0.184. The maximum absolute atomic E-state index is 12.4. The summed E-state index contributed by atoms with van der Waals surface area (Å²) in [6.07, 6.45) is 0. The minimum Gasteiger partial charge on any atom is -0.295 e. The highest BCUT2D eigenvalue weighted by atomic mass is 32.2. The lowest BCUT2D eigenvalue weighted by Gasteiger charge is -2.09. The summed E-state index contributed by atoms with van der Waals surface area (Å²) < 4.78 is 30.4. The molecule has 0 unspecified atom stereocenters. The molecule has 0 aliphatic heterocycles. The molecule has 6 nitrogen and oxygen atoms in total. The van der Waals surface area contributed by atoms with Crippen LogP contribution in [0.15, 0.2) is 47.3 Å². The number of hydrogen-bond acceptors (Lipinski definition) is 3. The van der Waals surface area contributed by atoms with Gasteiger partial charge in [-0.05, 0) is 30.7 Å². The second-order valence-corrected chi connectivity index (χ2v) is 7.68. The van der Waals surface area contributed by atoms with Gasteiger partial charge in [-0.25, -0.2) is 13.2 Å². The number of aromatic nitrogens is 2. The fourth-order valence-corrected chi connectivity index (χ4v) is 3.98. The van der Waals surface area contributed by atoms with Crippen molar-refractivity contribution >= 4 is 26.7 Å². The zero-order chi connectivity index (χ0) is 17.5. The summed E-state index contributed by atoms with van der Waals surface area (Å²) in [6.45, 7) is 1.92. The molecule has 0 saturated carbocycles. The van der Waals surface area contributed by atoms with Crippen molar-refractivity contribution in [2.75, 3.05) is 4.72 Å². The predicted molar refractivity (Wildman–Crippen MR) is 95.6 cm³/mol. The van der Waals surface area contributed by atoms with E-state index in [0.717, 1.165) is 16.6 Å². The maximum Gasteiger partial charge on any atom is 0.328 e. The Morgan fingerprint density at radius 1 is 1.00 bits per heavy atom. The first kappa shape index (κ1) is 16.3. The van der Waals surface area contributed by atoms with Crippen LogP contribution in [0.4, 0.5) is 5.69 Å². The highest BCUT2D eigenvalue weighted by Gasteiger charge is 2.14. The summed E-state index contributed by atoms with van der Waals surface area (Å²) >= 11 is 0. The predicted octanol–water partition coefficient (Wildman–Crippen LogP) is 2.13. The number of aryl methyl sites for hydroxylation is 3. The van der Waals surface area contributed by atoms with Crippen LogP contribution in [0.3, 0.4) is 0 Å². The molecule has 24 heavy (non-hydrogen) atoms. The van der Waals surface area contributed by atoms with Crippen molar-refractivity contribution in [2.45, 2.75) is 12.7 Å². The Kier molecular flexibility index (Phi) is 3.96. The van der Waals surface area contributed by atoms with Gasteiger partial charge < -0.3 is 0 Å². The van der Waals surface area contributed by atoms with Gasteiger partial charge in [-0.2, -0.15) is 0 Å². The fraction of sp³-hybridized carbons (Fsp3) is 0.235. The van der Waals surface area contributed by atoms with Crippen LogP contribution in [0.5, 0.6) is 0 Å². The van der Waals surface area contributed by atoms with E-state index in [0.29, 0.717) is 11.2 Å². The molecule has 126 valence electrons. The third-order valence-electron chi connectivity index (χ3n) is 3.98. The van der Waals surface area contributed by atoms with E-state index < -0.39 is 10.0 Å². The average molecular weight is 345 g/mol. The molecule has 1 aromatic heterocycles. The van der Waals surface area contributed by atoms with E-state index in [9.17, 15) is 13.2 Å². The standard InChI is InChI=1S/C17H19N3O3S/c1-12-5-4-6-13(9-12)11-24(22,23)18-14-7-8-15-16(10-14)20(3)17(21)19(15)2/h4-10,18H,11H2,1-3H3. The molecule has 0 radical (unpaired) electrons. The summed E-state index contributed by atoms with van der Waals surface area (Å²) in [5.41, 5.74) is 3.47. The molecule has 1 heterocycles. The lowest BCUT2D eigenvalue weighted by atomic mass is 10.2. The van der Waals surface area contributed by atoms with Gasteiger partial charge in [0.1, 0.15) is 0 Å². The van der Waals surface area contributed by atoms with E-state index in [1.165, 1.54) is 9.13 Å². The lowest BCUT2D eigenvalue weighted by molar-refractivity contribution is 0.600. The van der Waals surface area contributed by atoms with E-state index in [2.05, 4.69) is 4.72 Å². The molecule has 0 aliphatic carbocycles. The van der Waals surface area contributed by atoms with E-state index in [-0.39, 0.29) is 11.4 Å². The SMILES string of the molecule is Cc1cccc(CS(=O)(=O)Nc2ccc3c(c2)n(C)c(=O)n3C)c1. The van der Waals surface area contributed by atoms with E-state index >= 15 is 0 Å². The Hall–Kier alpha value is -2.54. The number of sulfonamides is 1. The van der Waals surface area contributed by atoms with Crippen LogP contribution in [-0.4, -0.2) is 17.6 Å². The highest BCUT2D eigenvalue weighted by Crippen LogP contribution is 2.19. The number of benzene rings is 2. The van der Waals surface area contributed by atoms with Crippen LogP contribution in [0.25, 0.3) is 11.0 Å². The number of hydrogen-bond donors (Lipinski definition) is 1. The molecule has 0 saturated heterocycles. The van der Waals surface area contributed by atoms with Crippen molar-refractivity contribution in [1.29, 1.82) is 0 Å². The van der Waals surface area contributed by atoms with Gasteiger partial charge >= 0.3 is 5.69 Å². The molecule has 0 spiro atoms. The van der Waals surface area contributed by atoms with Crippen LogP contribution < -0.4 is 10.4 Å². The van der Waals surface area contributed by atoms with Crippen molar-refractivity contribution in [1.82, 2.24) is 9.13 Å². The molecule has 7 heteroatoms. The Labute approximate surface area is 140 Å². The molecular weight excluding hydrogens is 326 g/mol. The molecule has 3 rings (SSSR count). The highest BCUT2D eigenvalue weighted by molar-refractivity contribution is 7.91.